The van der Waals surface area contributed by atoms with Gasteiger partial charge in [-0.05, 0) is 49.3 Å². The SMILES string of the molecule is COc1ccc(C(NC(=O)CC2(O)CCCC2)C2CC2)cc1. The van der Waals surface area contributed by atoms with Crippen molar-refractivity contribution in [3.8, 4) is 5.75 Å². The summed E-state index contributed by atoms with van der Waals surface area (Å²) in [6.07, 6.45) is 6.07. The fourth-order valence-corrected chi connectivity index (χ4v) is 3.45. The van der Waals surface area contributed by atoms with E-state index < -0.39 is 5.60 Å². The summed E-state index contributed by atoms with van der Waals surface area (Å²) in [4.78, 5) is 12.3. The van der Waals surface area contributed by atoms with Gasteiger partial charge in [-0.1, -0.05) is 25.0 Å². The molecule has 1 atom stereocenters. The quantitative estimate of drug-likeness (QED) is 0.849. The molecule has 4 heteroatoms. The summed E-state index contributed by atoms with van der Waals surface area (Å²) in [6, 6.07) is 7.96. The average Bonchev–Trinajstić information content (AvgIpc) is 3.27. The smallest absolute Gasteiger partial charge is 0.223 e. The van der Waals surface area contributed by atoms with E-state index in [4.69, 9.17) is 4.74 Å². The molecule has 0 heterocycles. The number of amides is 1. The number of carbonyl (C=O) groups is 1. The van der Waals surface area contributed by atoms with Crippen LogP contribution in [0.5, 0.6) is 5.75 Å². The highest BCUT2D eigenvalue weighted by Gasteiger charge is 2.37. The van der Waals surface area contributed by atoms with Crippen molar-refractivity contribution in [2.24, 2.45) is 5.92 Å². The monoisotopic (exact) mass is 303 g/mol. The summed E-state index contributed by atoms with van der Waals surface area (Å²) in [5.41, 5.74) is 0.341. The van der Waals surface area contributed by atoms with Crippen molar-refractivity contribution < 1.29 is 14.6 Å². The fraction of sp³-hybridized carbons (Fsp3) is 0.611. The number of methoxy groups -OCH3 is 1. The van der Waals surface area contributed by atoms with Crippen molar-refractivity contribution in [3.05, 3.63) is 29.8 Å². The van der Waals surface area contributed by atoms with Crippen LogP contribution in [0.1, 0.15) is 56.6 Å². The Bertz CT molecular complexity index is 516. The number of carbonyl (C=O) groups excluding carboxylic acids is 1. The van der Waals surface area contributed by atoms with Gasteiger partial charge in [-0.25, -0.2) is 0 Å². The summed E-state index contributed by atoms with van der Waals surface area (Å²) in [5.74, 6) is 1.32. The predicted octanol–water partition coefficient (Wildman–Crippen LogP) is 2.96. The molecule has 4 nitrogen and oxygen atoms in total. The van der Waals surface area contributed by atoms with Gasteiger partial charge in [-0.2, -0.15) is 0 Å². The lowest BCUT2D eigenvalue weighted by atomic mass is 9.96. The van der Waals surface area contributed by atoms with Gasteiger partial charge in [0.2, 0.25) is 5.91 Å². The molecule has 2 N–H and O–H groups in total. The van der Waals surface area contributed by atoms with Crippen LogP contribution in [0.2, 0.25) is 0 Å². The molecule has 1 unspecified atom stereocenters. The molecule has 0 radical (unpaired) electrons. The third-order valence-corrected chi connectivity index (χ3v) is 4.91. The Labute approximate surface area is 131 Å². The second-order valence-electron chi connectivity index (χ2n) is 6.76. The van der Waals surface area contributed by atoms with Crippen LogP contribution in [-0.2, 0) is 4.79 Å². The summed E-state index contributed by atoms with van der Waals surface area (Å²) in [6.45, 7) is 0. The summed E-state index contributed by atoms with van der Waals surface area (Å²) >= 11 is 0. The van der Waals surface area contributed by atoms with Gasteiger partial charge in [0.15, 0.2) is 0 Å². The lowest BCUT2D eigenvalue weighted by molar-refractivity contribution is -0.126. The molecule has 1 aromatic rings. The van der Waals surface area contributed by atoms with Crippen LogP contribution >= 0.6 is 0 Å². The molecule has 2 aliphatic rings. The first-order valence-electron chi connectivity index (χ1n) is 8.25. The zero-order valence-electron chi connectivity index (χ0n) is 13.2. The second kappa shape index (κ2) is 6.29. The summed E-state index contributed by atoms with van der Waals surface area (Å²) < 4.78 is 5.19. The number of ether oxygens (including phenoxy) is 1. The maximum absolute atomic E-state index is 12.3. The molecule has 0 aliphatic heterocycles. The van der Waals surface area contributed by atoms with Crippen molar-refractivity contribution in [1.29, 1.82) is 0 Å². The molecule has 0 bridgehead atoms. The number of rotatable bonds is 6. The molecule has 0 saturated heterocycles. The number of benzene rings is 1. The Morgan fingerprint density at radius 2 is 1.95 bits per heavy atom. The summed E-state index contributed by atoms with van der Waals surface area (Å²) in [7, 11) is 1.65. The van der Waals surface area contributed by atoms with Crippen LogP contribution in [0.4, 0.5) is 0 Å². The van der Waals surface area contributed by atoms with E-state index in [2.05, 4.69) is 5.32 Å². The van der Waals surface area contributed by atoms with Gasteiger partial charge in [0.25, 0.3) is 0 Å². The van der Waals surface area contributed by atoms with Crippen molar-refractivity contribution in [2.75, 3.05) is 7.11 Å². The largest absolute Gasteiger partial charge is 0.497 e. The molecule has 1 amide bonds. The van der Waals surface area contributed by atoms with E-state index in [1.807, 2.05) is 24.3 Å². The Morgan fingerprint density at radius 3 is 2.50 bits per heavy atom. The summed E-state index contributed by atoms with van der Waals surface area (Å²) in [5, 5.41) is 13.5. The fourth-order valence-electron chi connectivity index (χ4n) is 3.45. The van der Waals surface area contributed by atoms with Gasteiger partial charge < -0.3 is 15.2 Å². The van der Waals surface area contributed by atoms with Gasteiger partial charge in [-0.15, -0.1) is 0 Å². The standard InChI is InChI=1S/C18H25NO3/c1-22-15-8-6-14(7-9-15)17(13-4-5-13)19-16(20)12-18(21)10-2-3-11-18/h6-9,13,17,21H,2-5,10-12H2,1H3,(H,19,20). The van der Waals surface area contributed by atoms with Gasteiger partial charge in [0.1, 0.15) is 5.75 Å². The Morgan fingerprint density at radius 1 is 1.32 bits per heavy atom. The van der Waals surface area contributed by atoms with Gasteiger partial charge in [0.05, 0.1) is 25.2 Å². The molecule has 1 aromatic carbocycles. The van der Waals surface area contributed by atoms with Gasteiger partial charge in [0, 0.05) is 0 Å². The molecular formula is C18H25NO3. The average molecular weight is 303 g/mol. The number of hydrogen-bond acceptors (Lipinski definition) is 3. The van der Waals surface area contributed by atoms with Crippen LogP contribution in [0.3, 0.4) is 0 Å². The highest BCUT2D eigenvalue weighted by Crippen LogP contribution is 2.41. The molecule has 2 aliphatic carbocycles. The highest BCUT2D eigenvalue weighted by atomic mass is 16.5. The molecule has 22 heavy (non-hydrogen) atoms. The van der Waals surface area contributed by atoms with Crippen molar-refractivity contribution in [2.45, 2.75) is 56.6 Å². The molecule has 0 spiro atoms. The minimum Gasteiger partial charge on any atom is -0.497 e. The van der Waals surface area contributed by atoms with Crippen LogP contribution < -0.4 is 10.1 Å². The Kier molecular flexibility index (Phi) is 4.39. The van der Waals surface area contributed by atoms with Crippen LogP contribution in [0.25, 0.3) is 0 Å². The minimum absolute atomic E-state index is 0.0304. The minimum atomic E-state index is -0.780. The van der Waals surface area contributed by atoms with E-state index in [-0.39, 0.29) is 18.4 Å². The van der Waals surface area contributed by atoms with Crippen LogP contribution in [0.15, 0.2) is 24.3 Å². The van der Waals surface area contributed by atoms with Crippen LogP contribution in [-0.4, -0.2) is 23.7 Å². The molecule has 2 saturated carbocycles. The maximum Gasteiger partial charge on any atom is 0.223 e. The first-order chi connectivity index (χ1) is 10.6. The number of aliphatic hydroxyl groups is 1. The van der Waals surface area contributed by atoms with Crippen molar-refractivity contribution in [3.63, 3.8) is 0 Å². The third kappa shape index (κ3) is 3.61. The van der Waals surface area contributed by atoms with E-state index in [1.165, 1.54) is 0 Å². The van der Waals surface area contributed by atoms with E-state index in [0.717, 1.165) is 49.8 Å². The topological polar surface area (TPSA) is 58.6 Å². The molecular weight excluding hydrogens is 278 g/mol. The predicted molar refractivity (Wildman–Crippen MR) is 84.6 cm³/mol. The lowest BCUT2D eigenvalue weighted by Crippen LogP contribution is -2.37. The second-order valence-corrected chi connectivity index (χ2v) is 6.76. The van der Waals surface area contributed by atoms with Crippen LogP contribution in [0, 0.1) is 5.92 Å². The molecule has 120 valence electrons. The zero-order chi connectivity index (χ0) is 15.6. The third-order valence-electron chi connectivity index (χ3n) is 4.91. The number of nitrogens with one attached hydrogen (secondary N) is 1. The maximum atomic E-state index is 12.3. The Hall–Kier alpha value is -1.55. The van der Waals surface area contributed by atoms with E-state index in [1.54, 1.807) is 7.11 Å². The molecule has 0 aromatic heterocycles. The van der Waals surface area contributed by atoms with E-state index >= 15 is 0 Å². The highest BCUT2D eigenvalue weighted by molar-refractivity contribution is 5.77. The molecule has 2 fully saturated rings. The first kappa shape index (κ1) is 15.3. The van der Waals surface area contributed by atoms with E-state index in [0.29, 0.717) is 5.92 Å². The van der Waals surface area contributed by atoms with Crippen molar-refractivity contribution >= 4 is 5.91 Å². The number of hydrogen-bond donors (Lipinski definition) is 2. The Balaban J connectivity index is 1.65. The van der Waals surface area contributed by atoms with Crippen molar-refractivity contribution in [1.82, 2.24) is 5.32 Å². The normalized spacial score (nSPS) is 21.4. The first-order valence-corrected chi connectivity index (χ1v) is 8.25. The van der Waals surface area contributed by atoms with Gasteiger partial charge >= 0.3 is 0 Å². The lowest BCUT2D eigenvalue weighted by Gasteiger charge is -2.24. The van der Waals surface area contributed by atoms with E-state index in [9.17, 15) is 9.90 Å². The zero-order valence-corrected chi connectivity index (χ0v) is 13.2. The molecule has 3 rings (SSSR count). The van der Waals surface area contributed by atoms with Gasteiger partial charge in [-0.3, -0.25) is 4.79 Å².